The summed E-state index contributed by atoms with van der Waals surface area (Å²) in [4.78, 5) is 0. The first kappa shape index (κ1) is 17.3. The molecule has 23 heavy (non-hydrogen) atoms. The largest absolute Gasteiger partial charge is 0.493 e. The van der Waals surface area contributed by atoms with E-state index < -0.39 is 0 Å². The number of benzene rings is 2. The van der Waals surface area contributed by atoms with E-state index in [1.807, 2.05) is 42.5 Å². The van der Waals surface area contributed by atoms with Crippen LogP contribution in [0.5, 0.6) is 11.5 Å². The van der Waals surface area contributed by atoms with Crippen LogP contribution in [-0.4, -0.2) is 26.4 Å². The first-order valence-electron chi connectivity index (χ1n) is 7.79. The van der Waals surface area contributed by atoms with E-state index in [1.54, 1.807) is 0 Å². The maximum absolute atomic E-state index is 5.70. The zero-order valence-corrected chi connectivity index (χ0v) is 13.2. The van der Waals surface area contributed by atoms with E-state index in [9.17, 15) is 0 Å². The van der Waals surface area contributed by atoms with Gasteiger partial charge >= 0.3 is 0 Å². The smallest absolute Gasteiger partial charge is 0.123 e. The first-order valence-corrected chi connectivity index (χ1v) is 7.79. The third-order valence-electron chi connectivity index (χ3n) is 3.13. The lowest BCUT2D eigenvalue weighted by Gasteiger charge is -2.09. The molecule has 2 aromatic rings. The summed E-state index contributed by atoms with van der Waals surface area (Å²) in [5.41, 5.74) is 3.73. The van der Waals surface area contributed by atoms with Gasteiger partial charge in [-0.15, -0.1) is 0 Å². The minimum absolute atomic E-state index is 0.521. The number of rotatable bonds is 11. The minimum atomic E-state index is 0.521. The molecular weight excluding hydrogens is 292 g/mol. The van der Waals surface area contributed by atoms with Crippen molar-refractivity contribution in [3.63, 3.8) is 0 Å². The summed E-state index contributed by atoms with van der Waals surface area (Å²) in [6.07, 6.45) is 0.842. The maximum atomic E-state index is 5.70. The SMILES string of the molecule is NNCCOc1cccc(OCCCOCc2ccccc2)c1. The fourth-order valence-corrected chi connectivity index (χ4v) is 2.00. The molecule has 0 atom stereocenters. The van der Waals surface area contributed by atoms with Gasteiger partial charge in [0, 0.05) is 19.0 Å². The van der Waals surface area contributed by atoms with Crippen molar-refractivity contribution in [1.29, 1.82) is 0 Å². The molecular formula is C18H24N2O3. The highest BCUT2D eigenvalue weighted by molar-refractivity contribution is 5.32. The molecule has 0 radical (unpaired) electrons. The third kappa shape index (κ3) is 7.15. The third-order valence-corrected chi connectivity index (χ3v) is 3.13. The van der Waals surface area contributed by atoms with Gasteiger partial charge in [0.1, 0.15) is 18.1 Å². The fourth-order valence-electron chi connectivity index (χ4n) is 2.00. The Morgan fingerprint density at radius 3 is 2.30 bits per heavy atom. The Kier molecular flexibility index (Phi) is 7.97. The molecule has 3 N–H and O–H groups in total. The average molecular weight is 316 g/mol. The summed E-state index contributed by atoms with van der Waals surface area (Å²) in [6.45, 7) is 3.05. The summed E-state index contributed by atoms with van der Waals surface area (Å²) >= 11 is 0. The Balaban J connectivity index is 1.59. The van der Waals surface area contributed by atoms with Gasteiger partial charge in [-0.2, -0.15) is 0 Å². The lowest BCUT2D eigenvalue weighted by Crippen LogP contribution is -2.27. The van der Waals surface area contributed by atoms with Crippen LogP contribution in [0.3, 0.4) is 0 Å². The highest BCUT2D eigenvalue weighted by atomic mass is 16.5. The molecule has 0 fully saturated rings. The highest BCUT2D eigenvalue weighted by Gasteiger charge is 1.98. The van der Waals surface area contributed by atoms with E-state index in [-0.39, 0.29) is 0 Å². The van der Waals surface area contributed by atoms with Crippen LogP contribution in [0.1, 0.15) is 12.0 Å². The maximum Gasteiger partial charge on any atom is 0.123 e. The van der Waals surface area contributed by atoms with Gasteiger partial charge < -0.3 is 14.2 Å². The fraction of sp³-hybridized carbons (Fsp3) is 0.333. The Hall–Kier alpha value is -2.08. The molecule has 0 spiro atoms. The molecule has 0 heterocycles. The number of hydrogen-bond donors (Lipinski definition) is 2. The Morgan fingerprint density at radius 1 is 0.826 bits per heavy atom. The van der Waals surface area contributed by atoms with Gasteiger partial charge in [0.05, 0.1) is 19.8 Å². The van der Waals surface area contributed by atoms with Crippen LogP contribution in [0.25, 0.3) is 0 Å². The normalized spacial score (nSPS) is 10.5. The number of ether oxygens (including phenoxy) is 3. The van der Waals surface area contributed by atoms with Gasteiger partial charge in [-0.05, 0) is 17.7 Å². The van der Waals surface area contributed by atoms with E-state index in [4.69, 9.17) is 20.1 Å². The molecule has 0 aliphatic rings. The van der Waals surface area contributed by atoms with Gasteiger partial charge in [0.25, 0.3) is 0 Å². The van der Waals surface area contributed by atoms with Crippen molar-refractivity contribution >= 4 is 0 Å². The van der Waals surface area contributed by atoms with Crippen LogP contribution in [0.4, 0.5) is 0 Å². The molecule has 0 amide bonds. The Bertz CT molecular complexity index is 549. The molecule has 2 rings (SSSR count). The molecule has 0 bridgehead atoms. The molecule has 0 aliphatic heterocycles. The number of hydrogen-bond acceptors (Lipinski definition) is 5. The second kappa shape index (κ2) is 10.6. The van der Waals surface area contributed by atoms with Gasteiger partial charge in [-0.1, -0.05) is 36.4 Å². The standard InChI is InChI=1S/C18H24N2O3/c19-20-10-13-23-18-9-4-8-17(14-18)22-12-5-11-21-15-16-6-2-1-3-7-16/h1-4,6-9,14,20H,5,10-13,15,19H2. The molecule has 5 heteroatoms. The predicted molar refractivity (Wildman–Crippen MR) is 90.3 cm³/mol. The Morgan fingerprint density at radius 2 is 1.57 bits per heavy atom. The van der Waals surface area contributed by atoms with Crippen molar-refractivity contribution in [3.05, 3.63) is 60.2 Å². The van der Waals surface area contributed by atoms with Gasteiger partial charge in [0.15, 0.2) is 0 Å². The average Bonchev–Trinajstić information content (AvgIpc) is 2.59. The predicted octanol–water partition coefficient (Wildman–Crippen LogP) is 2.51. The first-order chi connectivity index (χ1) is 11.4. The van der Waals surface area contributed by atoms with Crippen molar-refractivity contribution in [1.82, 2.24) is 5.43 Å². The monoisotopic (exact) mass is 316 g/mol. The van der Waals surface area contributed by atoms with E-state index in [0.717, 1.165) is 17.9 Å². The minimum Gasteiger partial charge on any atom is -0.493 e. The summed E-state index contributed by atoms with van der Waals surface area (Å²) in [7, 11) is 0. The van der Waals surface area contributed by atoms with E-state index in [2.05, 4.69) is 17.6 Å². The van der Waals surface area contributed by atoms with Crippen LogP contribution < -0.4 is 20.7 Å². The zero-order valence-electron chi connectivity index (χ0n) is 13.2. The second-order valence-electron chi connectivity index (χ2n) is 5.02. The van der Waals surface area contributed by atoms with E-state index in [0.29, 0.717) is 33.0 Å². The van der Waals surface area contributed by atoms with E-state index >= 15 is 0 Å². The van der Waals surface area contributed by atoms with Crippen LogP contribution in [0.2, 0.25) is 0 Å². The molecule has 0 aromatic heterocycles. The highest BCUT2D eigenvalue weighted by Crippen LogP contribution is 2.19. The van der Waals surface area contributed by atoms with Gasteiger partial charge in [-0.25, -0.2) is 0 Å². The second-order valence-corrected chi connectivity index (χ2v) is 5.02. The number of hydrazine groups is 1. The lowest BCUT2D eigenvalue weighted by molar-refractivity contribution is 0.107. The van der Waals surface area contributed by atoms with Crippen molar-refractivity contribution < 1.29 is 14.2 Å². The Labute approximate surface area is 137 Å². The zero-order chi connectivity index (χ0) is 16.2. The van der Waals surface area contributed by atoms with Crippen LogP contribution in [0, 0.1) is 0 Å². The van der Waals surface area contributed by atoms with Crippen LogP contribution in [0.15, 0.2) is 54.6 Å². The lowest BCUT2D eigenvalue weighted by atomic mass is 10.2. The molecule has 5 nitrogen and oxygen atoms in total. The summed E-state index contributed by atoms with van der Waals surface area (Å²) < 4.78 is 16.9. The van der Waals surface area contributed by atoms with Crippen molar-refractivity contribution in [3.8, 4) is 11.5 Å². The van der Waals surface area contributed by atoms with Gasteiger partial charge in [-0.3, -0.25) is 11.3 Å². The van der Waals surface area contributed by atoms with Crippen molar-refractivity contribution in [2.24, 2.45) is 5.84 Å². The summed E-state index contributed by atoms with van der Waals surface area (Å²) in [5, 5.41) is 0. The quantitative estimate of drug-likeness (QED) is 0.379. The van der Waals surface area contributed by atoms with Crippen LogP contribution >= 0.6 is 0 Å². The molecule has 0 saturated heterocycles. The number of nitrogens with two attached hydrogens (primary N) is 1. The molecule has 124 valence electrons. The molecule has 0 aliphatic carbocycles. The van der Waals surface area contributed by atoms with Crippen LogP contribution in [-0.2, 0) is 11.3 Å². The van der Waals surface area contributed by atoms with Crippen molar-refractivity contribution in [2.45, 2.75) is 13.0 Å². The molecule has 2 aromatic carbocycles. The van der Waals surface area contributed by atoms with Gasteiger partial charge in [0.2, 0.25) is 0 Å². The van der Waals surface area contributed by atoms with Crippen molar-refractivity contribution in [2.75, 3.05) is 26.4 Å². The molecule has 0 unspecified atom stereocenters. The summed E-state index contributed by atoms with van der Waals surface area (Å²) in [5.74, 6) is 6.77. The summed E-state index contributed by atoms with van der Waals surface area (Å²) in [6, 6.07) is 17.7. The topological polar surface area (TPSA) is 65.7 Å². The molecule has 0 saturated carbocycles. The number of nitrogens with one attached hydrogen (secondary N) is 1. The van der Waals surface area contributed by atoms with E-state index in [1.165, 1.54) is 5.56 Å².